The van der Waals surface area contributed by atoms with Crippen LogP contribution in [0.2, 0.25) is 0 Å². The smallest absolute Gasteiger partial charge is 0.417 e. The minimum absolute atomic E-state index is 0.119. The lowest BCUT2D eigenvalue weighted by Crippen LogP contribution is -2.40. The Morgan fingerprint density at radius 2 is 1.83 bits per heavy atom. The van der Waals surface area contributed by atoms with E-state index < -0.39 is 11.7 Å². The Kier molecular flexibility index (Phi) is 8.67. The number of pyridine rings is 1. The summed E-state index contributed by atoms with van der Waals surface area (Å²) in [5.74, 6) is 1.47. The van der Waals surface area contributed by atoms with Crippen molar-refractivity contribution in [2.45, 2.75) is 51.6 Å². The number of rotatable bonds is 6. The standard InChI is InChI=1S/C15H21F3N2O.C10H9N3O2/c1-9-7-13(20(4)10(9)2)11(3)21-14-6-5-12(8-19-14)15(16,17)18;1-15-9-3-2-8(7-14)10(6-9)13-11-4-5-12-13/h5-6,8-11,13H,7H2,1-4H3;2-7H,1H3. The number of methoxy groups -OCH3 is 1. The van der Waals surface area contributed by atoms with Gasteiger partial charge in [-0.3, -0.25) is 9.69 Å². The third kappa shape index (κ3) is 6.39. The van der Waals surface area contributed by atoms with Crippen LogP contribution >= 0.6 is 0 Å². The molecule has 2 aromatic heterocycles. The molecule has 0 spiro atoms. The lowest BCUT2D eigenvalue weighted by atomic mass is 10.0. The van der Waals surface area contributed by atoms with Crippen molar-refractivity contribution in [2.24, 2.45) is 5.92 Å². The van der Waals surface area contributed by atoms with Crippen LogP contribution in [0.15, 0.2) is 48.9 Å². The van der Waals surface area contributed by atoms with Gasteiger partial charge in [0.15, 0.2) is 6.29 Å². The van der Waals surface area contributed by atoms with Crippen molar-refractivity contribution < 1.29 is 27.4 Å². The maximum atomic E-state index is 12.5. The van der Waals surface area contributed by atoms with Gasteiger partial charge in [0.05, 0.1) is 30.8 Å². The van der Waals surface area contributed by atoms with E-state index in [0.717, 1.165) is 25.0 Å². The Bertz CT molecular complexity index is 1120. The Morgan fingerprint density at radius 1 is 1.14 bits per heavy atom. The van der Waals surface area contributed by atoms with Gasteiger partial charge in [-0.2, -0.15) is 28.2 Å². The molecule has 0 saturated carbocycles. The first-order chi connectivity index (χ1) is 17.0. The van der Waals surface area contributed by atoms with E-state index >= 15 is 0 Å². The van der Waals surface area contributed by atoms with E-state index in [-0.39, 0.29) is 18.0 Å². The Morgan fingerprint density at radius 3 is 2.33 bits per heavy atom. The second kappa shape index (κ2) is 11.5. The van der Waals surface area contributed by atoms with Crippen molar-refractivity contribution in [1.29, 1.82) is 0 Å². The number of alkyl halides is 3. The number of carbonyl (C=O) groups is 1. The van der Waals surface area contributed by atoms with Gasteiger partial charge in [0.25, 0.3) is 0 Å². The predicted octanol–water partition coefficient (Wildman–Crippen LogP) is 4.68. The van der Waals surface area contributed by atoms with Gasteiger partial charge in [-0.05, 0) is 51.4 Å². The summed E-state index contributed by atoms with van der Waals surface area (Å²) in [5.41, 5.74) is 0.365. The molecule has 0 radical (unpaired) electrons. The number of halogens is 3. The summed E-state index contributed by atoms with van der Waals surface area (Å²) in [4.78, 5) is 18.2. The number of aldehydes is 1. The minimum atomic E-state index is -4.37. The summed E-state index contributed by atoms with van der Waals surface area (Å²) in [6.45, 7) is 6.31. The Labute approximate surface area is 208 Å². The van der Waals surface area contributed by atoms with Crippen LogP contribution in [0.4, 0.5) is 13.2 Å². The quantitative estimate of drug-likeness (QED) is 0.450. The van der Waals surface area contributed by atoms with E-state index in [4.69, 9.17) is 9.47 Å². The molecule has 36 heavy (non-hydrogen) atoms. The second-order valence-electron chi connectivity index (χ2n) is 8.75. The molecule has 1 aliphatic rings. The molecule has 0 aliphatic carbocycles. The largest absolute Gasteiger partial charge is 0.497 e. The monoisotopic (exact) mass is 505 g/mol. The van der Waals surface area contributed by atoms with E-state index in [2.05, 4.69) is 41.0 Å². The zero-order valence-corrected chi connectivity index (χ0v) is 20.8. The summed E-state index contributed by atoms with van der Waals surface area (Å²) in [6.07, 6.45) is 1.20. The number of hydrogen-bond donors (Lipinski definition) is 0. The number of carbonyl (C=O) groups excluding carboxylic acids is 1. The number of likely N-dealkylation sites (tertiary alicyclic amines) is 1. The van der Waals surface area contributed by atoms with Gasteiger partial charge in [-0.15, -0.1) is 0 Å². The molecule has 1 fully saturated rings. The molecule has 4 rings (SSSR count). The fraction of sp³-hybridized carbons (Fsp3) is 0.440. The fourth-order valence-electron chi connectivity index (χ4n) is 4.12. The van der Waals surface area contributed by atoms with Gasteiger partial charge >= 0.3 is 6.18 Å². The zero-order chi connectivity index (χ0) is 26.5. The molecule has 4 unspecified atom stereocenters. The molecule has 0 bridgehead atoms. The molecule has 1 saturated heterocycles. The molecule has 194 valence electrons. The molecule has 0 N–H and O–H groups in total. The van der Waals surface area contributed by atoms with Crippen molar-refractivity contribution in [3.8, 4) is 17.3 Å². The van der Waals surface area contributed by atoms with Crippen molar-refractivity contribution in [1.82, 2.24) is 24.9 Å². The number of hydrogen-bond acceptors (Lipinski definition) is 7. The van der Waals surface area contributed by atoms with Crippen molar-refractivity contribution in [2.75, 3.05) is 14.2 Å². The van der Waals surface area contributed by atoms with E-state index in [0.29, 0.717) is 29.0 Å². The Balaban J connectivity index is 0.000000212. The second-order valence-corrected chi connectivity index (χ2v) is 8.75. The normalized spacial score (nSPS) is 20.8. The molecule has 3 heterocycles. The maximum absolute atomic E-state index is 12.5. The summed E-state index contributed by atoms with van der Waals surface area (Å²) in [6, 6.07) is 8.10. The number of nitrogens with zero attached hydrogens (tertiary/aromatic N) is 5. The van der Waals surface area contributed by atoms with Gasteiger partial charge in [-0.1, -0.05) is 6.92 Å². The average Bonchev–Trinajstić information content (AvgIpc) is 3.48. The summed E-state index contributed by atoms with van der Waals surface area (Å²) < 4.78 is 48.2. The van der Waals surface area contributed by atoms with Crippen molar-refractivity contribution in [3.63, 3.8) is 0 Å². The first kappa shape index (κ1) is 27.1. The topological polar surface area (TPSA) is 82.4 Å². The lowest BCUT2D eigenvalue weighted by molar-refractivity contribution is -0.137. The summed E-state index contributed by atoms with van der Waals surface area (Å²) in [5, 5.41) is 7.92. The molecule has 4 atom stereocenters. The van der Waals surface area contributed by atoms with Gasteiger partial charge in [-0.25, -0.2) is 4.98 Å². The highest BCUT2D eigenvalue weighted by atomic mass is 19.4. The van der Waals surface area contributed by atoms with Crippen molar-refractivity contribution >= 4 is 6.29 Å². The molecular weight excluding hydrogens is 475 g/mol. The van der Waals surface area contributed by atoms with Crippen LogP contribution in [0.3, 0.4) is 0 Å². The molecule has 3 aromatic rings. The molecule has 11 heteroatoms. The first-order valence-electron chi connectivity index (χ1n) is 11.5. The van der Waals surface area contributed by atoms with E-state index in [1.54, 1.807) is 37.7 Å². The highest BCUT2D eigenvalue weighted by Gasteiger charge is 2.37. The number of ether oxygens (including phenoxy) is 2. The van der Waals surface area contributed by atoms with Gasteiger partial charge < -0.3 is 9.47 Å². The SMILES string of the molecule is CC1CC(C(C)Oc2ccc(C(F)(F)F)cn2)N(C)C1C.COc1ccc(C=O)c(-n2nccn2)c1. The lowest BCUT2D eigenvalue weighted by Gasteiger charge is -2.28. The minimum Gasteiger partial charge on any atom is -0.497 e. The average molecular weight is 506 g/mol. The third-order valence-corrected chi connectivity index (χ3v) is 6.51. The number of likely N-dealkylation sites (N-methyl/N-ethyl adjacent to an activating group) is 1. The van der Waals surface area contributed by atoms with Gasteiger partial charge in [0.1, 0.15) is 11.9 Å². The van der Waals surface area contributed by atoms with Crippen LogP contribution in [0.25, 0.3) is 5.69 Å². The number of benzene rings is 1. The molecule has 1 aromatic carbocycles. The molecule has 0 amide bonds. The highest BCUT2D eigenvalue weighted by molar-refractivity contribution is 5.81. The van der Waals surface area contributed by atoms with E-state index in [9.17, 15) is 18.0 Å². The van der Waals surface area contributed by atoms with Gasteiger partial charge in [0, 0.05) is 36.0 Å². The van der Waals surface area contributed by atoms with Gasteiger partial charge in [0.2, 0.25) is 5.88 Å². The fourth-order valence-corrected chi connectivity index (χ4v) is 4.12. The van der Waals surface area contributed by atoms with E-state index in [1.807, 2.05) is 6.92 Å². The number of aromatic nitrogens is 4. The third-order valence-electron chi connectivity index (χ3n) is 6.51. The van der Waals surface area contributed by atoms with Crippen LogP contribution in [-0.2, 0) is 6.18 Å². The van der Waals surface area contributed by atoms with E-state index in [1.165, 1.54) is 10.9 Å². The summed E-state index contributed by atoms with van der Waals surface area (Å²) in [7, 11) is 3.62. The van der Waals surface area contributed by atoms with Crippen LogP contribution in [-0.4, -0.2) is 63.5 Å². The van der Waals surface area contributed by atoms with Crippen LogP contribution < -0.4 is 9.47 Å². The predicted molar refractivity (Wildman–Crippen MR) is 127 cm³/mol. The molecule has 1 aliphatic heterocycles. The summed E-state index contributed by atoms with van der Waals surface area (Å²) >= 11 is 0. The zero-order valence-electron chi connectivity index (χ0n) is 20.8. The molecular formula is C25H30F3N5O3. The van der Waals surface area contributed by atoms with Crippen LogP contribution in [0.1, 0.15) is 43.1 Å². The maximum Gasteiger partial charge on any atom is 0.417 e. The van der Waals surface area contributed by atoms with Crippen LogP contribution in [0.5, 0.6) is 11.6 Å². The molecule has 8 nitrogen and oxygen atoms in total. The van der Waals surface area contributed by atoms with Crippen molar-refractivity contribution in [3.05, 3.63) is 60.0 Å². The van der Waals surface area contributed by atoms with Crippen LogP contribution in [0, 0.1) is 5.92 Å². The highest BCUT2D eigenvalue weighted by Crippen LogP contribution is 2.32. The Hall–Kier alpha value is -3.47. The first-order valence-corrected chi connectivity index (χ1v) is 11.5.